The molecule has 352 valence electrons. The maximum absolute atomic E-state index is 13.2. The number of nitrogens with one attached hydrogen (secondary N) is 1. The Morgan fingerprint density at radius 3 is 2.46 bits per heavy atom. The van der Waals surface area contributed by atoms with Gasteiger partial charge in [-0.15, -0.1) is 0 Å². The zero-order valence-corrected chi connectivity index (χ0v) is 38.2. The topological polar surface area (TPSA) is 169 Å². The third-order valence-corrected chi connectivity index (χ3v) is 15.1. The number of methoxy groups -OCH3 is 1. The van der Waals surface area contributed by atoms with Crippen molar-refractivity contribution in [2.24, 2.45) is 17.8 Å². The lowest BCUT2D eigenvalue weighted by atomic mass is 9.72. The summed E-state index contributed by atoms with van der Waals surface area (Å²) >= 11 is 0. The number of hydrogen-bond donors (Lipinski definition) is 6. The highest BCUT2D eigenvalue weighted by Crippen LogP contribution is 2.56. The monoisotopic (exact) mass is 911 g/mol. The van der Waals surface area contributed by atoms with E-state index in [2.05, 4.69) is 17.2 Å². The van der Waals surface area contributed by atoms with Gasteiger partial charge in [0.05, 0.1) is 36.6 Å². The van der Waals surface area contributed by atoms with Crippen LogP contribution in [0.3, 0.4) is 0 Å². The summed E-state index contributed by atoms with van der Waals surface area (Å²) in [6.07, 6.45) is 4.99. The second-order valence-electron chi connectivity index (χ2n) is 19.1. The highest BCUT2D eigenvalue weighted by atomic mass is 16.5. The highest BCUT2D eigenvalue weighted by molar-refractivity contribution is 5.96. The lowest BCUT2D eigenvalue weighted by Crippen LogP contribution is -2.55. The summed E-state index contributed by atoms with van der Waals surface area (Å²) in [5.74, 6) is 8.04. The van der Waals surface area contributed by atoms with E-state index < -0.39 is 41.8 Å². The molecule has 0 amide bonds. The second kappa shape index (κ2) is 19.1. The van der Waals surface area contributed by atoms with Crippen LogP contribution in [0.25, 0.3) is 21.9 Å². The molecule has 2 fully saturated rings. The first-order valence-electron chi connectivity index (χ1n) is 23.9. The summed E-state index contributed by atoms with van der Waals surface area (Å²) in [6.45, 7) is 0.701. The molecule has 10 rings (SSSR count). The lowest BCUT2D eigenvalue weighted by molar-refractivity contribution is -0.156. The Kier molecular flexibility index (Phi) is 12.9. The number of hydrogen-bond acceptors (Lipinski definition) is 12. The molecule has 2 saturated carbocycles. The van der Waals surface area contributed by atoms with Crippen molar-refractivity contribution < 1.29 is 54.0 Å². The number of phenolic OH excluding ortho intramolecular Hbond substituents is 3. The molecule has 0 radical (unpaired) electrons. The molecule has 0 unspecified atom stereocenters. The Hall–Kier alpha value is -5.68. The van der Waals surface area contributed by atoms with Crippen LogP contribution in [-0.4, -0.2) is 90.0 Å². The molecule has 3 aliphatic heterocycles. The number of rotatable bonds is 12. The van der Waals surface area contributed by atoms with Crippen LogP contribution in [0.1, 0.15) is 92.2 Å². The van der Waals surface area contributed by atoms with E-state index in [-0.39, 0.29) is 49.1 Å². The Labute approximate surface area is 391 Å². The molecule has 5 aromatic rings. The fourth-order valence-electron chi connectivity index (χ4n) is 11.7. The van der Waals surface area contributed by atoms with Crippen molar-refractivity contribution in [3.05, 3.63) is 101 Å². The Balaban J connectivity index is 1.12. The maximum atomic E-state index is 13.2. The van der Waals surface area contributed by atoms with E-state index >= 15 is 0 Å². The van der Waals surface area contributed by atoms with E-state index in [9.17, 15) is 25.5 Å². The summed E-state index contributed by atoms with van der Waals surface area (Å²) in [5, 5.41) is 61.1. The summed E-state index contributed by atoms with van der Waals surface area (Å²) in [7, 11) is 3.62. The highest BCUT2D eigenvalue weighted by Gasteiger charge is 2.54. The molecule has 5 aliphatic rings. The van der Waals surface area contributed by atoms with E-state index in [1.54, 1.807) is 49.6 Å². The van der Waals surface area contributed by atoms with Gasteiger partial charge < -0.3 is 59.3 Å². The van der Waals surface area contributed by atoms with Gasteiger partial charge in [0.25, 0.3) is 0 Å². The van der Waals surface area contributed by atoms with Gasteiger partial charge in [-0.25, -0.2) is 0 Å². The minimum Gasteiger partial charge on any atom is -0.508 e. The minimum absolute atomic E-state index is 0.0428. The van der Waals surface area contributed by atoms with Crippen molar-refractivity contribution in [1.29, 1.82) is 0 Å². The normalized spacial score (nSPS) is 26.7. The number of aliphatic hydroxyl groups excluding tert-OH is 2. The molecule has 3 heterocycles. The predicted octanol–water partition coefficient (Wildman–Crippen LogP) is 8.65. The molecule has 2 aliphatic carbocycles. The van der Waals surface area contributed by atoms with Crippen molar-refractivity contribution >= 4 is 10.8 Å². The molecule has 6 N–H and O–H groups in total. The standard InChI is InChI=1S/C55H61NO11/c1-56-55-19-5-6-22-63-48-29-45-52(42-17-15-38(60)27-43(42)48)66-47(13-8-21-62-2)49(53(45)67-54(55)33(30-57)18-20-55)46-31-64-51-35(26-40(28-44(51)50(46)61)65-39-11-3-4-12-39)23-34-25-37(59)14-16-41(34)32-9-7-10-36(58)24-32/h7,9-10,14-17,24-29,33,39,46-47,49-50,53-54,56-61H,3-4,8,11-13,18-23,30-31H2,1-2H3/t33-,46-,47+,49-,50-,53+,54-,55+/m1/s1. The number of ether oxygens (including phenoxy) is 6. The lowest BCUT2D eigenvalue weighted by Gasteiger charge is -2.49. The number of benzene rings is 5. The fourth-order valence-corrected chi connectivity index (χ4v) is 11.7. The molecular weight excluding hydrogens is 851 g/mol. The third kappa shape index (κ3) is 8.73. The van der Waals surface area contributed by atoms with E-state index in [0.29, 0.717) is 66.2 Å². The summed E-state index contributed by atoms with van der Waals surface area (Å²) in [5.41, 5.74) is 4.04. The van der Waals surface area contributed by atoms with Gasteiger partial charge in [0, 0.05) is 78.4 Å². The first-order valence-corrected chi connectivity index (χ1v) is 23.9. The van der Waals surface area contributed by atoms with Gasteiger partial charge in [0.1, 0.15) is 53.0 Å². The van der Waals surface area contributed by atoms with Gasteiger partial charge in [-0.3, -0.25) is 0 Å². The van der Waals surface area contributed by atoms with E-state index in [1.807, 2.05) is 43.4 Å². The largest absolute Gasteiger partial charge is 0.508 e. The van der Waals surface area contributed by atoms with Crippen LogP contribution in [0, 0.1) is 29.6 Å². The van der Waals surface area contributed by atoms with Gasteiger partial charge in [-0.1, -0.05) is 30.0 Å². The van der Waals surface area contributed by atoms with Gasteiger partial charge in [0.15, 0.2) is 0 Å². The minimum atomic E-state index is -1.06. The quantitative estimate of drug-likeness (QED) is 0.0522. The zero-order chi connectivity index (χ0) is 46.2. The first kappa shape index (κ1) is 45.1. The number of aromatic hydroxyl groups is 3. The van der Waals surface area contributed by atoms with Crippen molar-refractivity contribution in [1.82, 2.24) is 5.32 Å². The number of likely N-dealkylation sites (N-methyl/N-ethyl adjacent to an activating group) is 1. The first-order chi connectivity index (χ1) is 32.7. The summed E-state index contributed by atoms with van der Waals surface area (Å²) in [6, 6.07) is 23.4. The van der Waals surface area contributed by atoms with Crippen molar-refractivity contribution in [2.75, 3.05) is 40.6 Å². The van der Waals surface area contributed by atoms with Gasteiger partial charge in [-0.2, -0.15) is 0 Å². The molecule has 5 aromatic carbocycles. The fraction of sp³-hybridized carbons (Fsp3) is 0.455. The molecule has 67 heavy (non-hydrogen) atoms. The Bertz CT molecular complexity index is 2670. The second-order valence-corrected chi connectivity index (χ2v) is 19.1. The molecule has 2 bridgehead atoms. The molecule has 8 atom stereocenters. The predicted molar refractivity (Wildman–Crippen MR) is 253 cm³/mol. The van der Waals surface area contributed by atoms with E-state index in [1.165, 1.54) is 0 Å². The van der Waals surface area contributed by atoms with Gasteiger partial charge >= 0.3 is 0 Å². The molecule has 0 aromatic heterocycles. The molecule has 0 spiro atoms. The van der Waals surface area contributed by atoms with Crippen LogP contribution in [0.2, 0.25) is 0 Å². The Morgan fingerprint density at radius 2 is 1.66 bits per heavy atom. The van der Waals surface area contributed by atoms with Crippen molar-refractivity contribution in [2.45, 2.75) is 100 Å². The number of fused-ring (bicyclic) bond motifs is 6. The molecule has 12 heteroatoms. The molecule has 12 nitrogen and oxygen atoms in total. The SMILES string of the molecule is CN[C@]12CC#CCOc3cc4c(c5ccc(O)cc35)O[C@@H](CCCOC)[C@@H]([C@H]3COc5c(Cc6cc(O)ccc6-c6cccc(O)c6)cc(OC6CCCC6)cc5[C@H]3O)[C@H]4O[C@@H]1[C@@H](CO)CC2. The average Bonchev–Trinajstić information content (AvgIpc) is 3.97. The third-order valence-electron chi connectivity index (χ3n) is 15.1. The molecular formula is C55H61NO11. The number of phenols is 3. The Morgan fingerprint density at radius 1 is 0.836 bits per heavy atom. The van der Waals surface area contributed by atoms with Crippen LogP contribution in [-0.2, 0) is 15.9 Å². The number of aliphatic hydroxyl groups is 2. The van der Waals surface area contributed by atoms with Crippen LogP contribution >= 0.6 is 0 Å². The van der Waals surface area contributed by atoms with Crippen LogP contribution in [0.5, 0.6) is 40.2 Å². The van der Waals surface area contributed by atoms with Gasteiger partial charge in [0.2, 0.25) is 0 Å². The van der Waals surface area contributed by atoms with E-state index in [0.717, 1.165) is 71.7 Å². The summed E-state index contributed by atoms with van der Waals surface area (Å²) in [4.78, 5) is 0. The average molecular weight is 912 g/mol. The van der Waals surface area contributed by atoms with Crippen molar-refractivity contribution in [3.8, 4) is 63.2 Å². The van der Waals surface area contributed by atoms with Crippen LogP contribution < -0.4 is 24.3 Å². The summed E-state index contributed by atoms with van der Waals surface area (Å²) < 4.78 is 40.6. The van der Waals surface area contributed by atoms with Crippen LogP contribution in [0.4, 0.5) is 0 Å². The van der Waals surface area contributed by atoms with E-state index in [4.69, 9.17) is 28.4 Å². The van der Waals surface area contributed by atoms with Gasteiger partial charge in [-0.05, 0) is 136 Å². The maximum Gasteiger partial charge on any atom is 0.149 e. The van der Waals surface area contributed by atoms with Crippen molar-refractivity contribution in [3.63, 3.8) is 0 Å². The molecule has 0 saturated heterocycles. The smallest absolute Gasteiger partial charge is 0.149 e. The van der Waals surface area contributed by atoms with Crippen LogP contribution in [0.15, 0.2) is 78.9 Å². The zero-order valence-electron chi connectivity index (χ0n) is 38.2.